The van der Waals surface area contributed by atoms with Crippen molar-refractivity contribution in [1.29, 1.82) is 0 Å². The normalized spacial score (nSPS) is 17.1. The van der Waals surface area contributed by atoms with Gasteiger partial charge < -0.3 is 5.32 Å². The van der Waals surface area contributed by atoms with E-state index < -0.39 is 0 Å². The smallest absolute Gasteiger partial charge is 0.271 e. The monoisotopic (exact) mass is 282 g/mol. The molecule has 0 amide bonds. The van der Waals surface area contributed by atoms with Crippen LogP contribution in [0.3, 0.4) is 0 Å². The molecular formula is C17H18N2O2. The Morgan fingerprint density at radius 1 is 1.24 bits per heavy atom. The van der Waals surface area contributed by atoms with E-state index in [9.17, 15) is 10.1 Å². The van der Waals surface area contributed by atoms with Gasteiger partial charge in [-0.2, -0.15) is 0 Å². The summed E-state index contributed by atoms with van der Waals surface area (Å²) in [5.74, 6) is 0. The molecule has 0 heterocycles. The first-order chi connectivity index (χ1) is 10.1. The minimum atomic E-state index is -0.340. The summed E-state index contributed by atoms with van der Waals surface area (Å²) in [5.41, 5.74) is 4.55. The maximum absolute atomic E-state index is 11.0. The second-order valence-corrected chi connectivity index (χ2v) is 5.60. The van der Waals surface area contributed by atoms with Gasteiger partial charge in [0.05, 0.1) is 11.0 Å². The predicted molar refractivity (Wildman–Crippen MR) is 83.6 cm³/mol. The first-order valence-electron chi connectivity index (χ1n) is 7.24. The number of nitrogens with zero attached hydrogens (tertiary/aromatic N) is 1. The van der Waals surface area contributed by atoms with Crippen molar-refractivity contribution in [3.63, 3.8) is 0 Å². The van der Waals surface area contributed by atoms with Gasteiger partial charge in [-0.25, -0.2) is 0 Å². The summed E-state index contributed by atoms with van der Waals surface area (Å²) in [6.07, 6.45) is 3.31. The van der Waals surface area contributed by atoms with E-state index in [1.165, 1.54) is 11.1 Å². The number of fused-ring (bicyclic) bond motifs is 1. The Hall–Kier alpha value is -2.36. The average molecular weight is 282 g/mol. The Morgan fingerprint density at radius 2 is 2.05 bits per heavy atom. The second kappa shape index (κ2) is 5.56. The summed E-state index contributed by atoms with van der Waals surface area (Å²) in [6, 6.07) is 13.8. The highest BCUT2D eigenvalue weighted by atomic mass is 16.6. The Balaban J connectivity index is 1.90. The van der Waals surface area contributed by atoms with Gasteiger partial charge in [0.1, 0.15) is 0 Å². The van der Waals surface area contributed by atoms with Crippen molar-refractivity contribution < 1.29 is 4.92 Å². The lowest BCUT2D eigenvalue weighted by Gasteiger charge is -2.27. The Kier molecular flexibility index (Phi) is 3.60. The third kappa shape index (κ3) is 2.89. The van der Waals surface area contributed by atoms with Crippen molar-refractivity contribution in [1.82, 2.24) is 0 Å². The van der Waals surface area contributed by atoms with Gasteiger partial charge in [-0.1, -0.05) is 24.3 Å². The number of nitrogens with one attached hydrogen (secondary N) is 1. The minimum Gasteiger partial charge on any atom is -0.378 e. The molecule has 108 valence electrons. The number of rotatable bonds is 3. The quantitative estimate of drug-likeness (QED) is 0.671. The SMILES string of the molecule is Cc1cc(NC2CCCc3ccccc32)cc([N+](=O)[O-])c1. The fraction of sp³-hybridized carbons (Fsp3) is 0.294. The zero-order valence-electron chi connectivity index (χ0n) is 12.0. The molecule has 1 aliphatic carbocycles. The number of nitro groups is 1. The highest BCUT2D eigenvalue weighted by Gasteiger charge is 2.20. The van der Waals surface area contributed by atoms with Crippen LogP contribution in [0.2, 0.25) is 0 Å². The van der Waals surface area contributed by atoms with Gasteiger partial charge in [-0.3, -0.25) is 10.1 Å². The van der Waals surface area contributed by atoms with Crippen molar-refractivity contribution in [2.75, 3.05) is 5.32 Å². The fourth-order valence-electron chi connectivity index (χ4n) is 3.06. The molecule has 0 aliphatic heterocycles. The Labute approximate surface area is 124 Å². The van der Waals surface area contributed by atoms with Crippen molar-refractivity contribution in [2.45, 2.75) is 32.2 Å². The van der Waals surface area contributed by atoms with Crippen LogP contribution in [0.5, 0.6) is 0 Å². The van der Waals surface area contributed by atoms with E-state index in [2.05, 4.69) is 29.6 Å². The molecule has 1 aliphatic rings. The number of nitro benzene ring substituents is 1. The van der Waals surface area contributed by atoms with Crippen LogP contribution in [-0.4, -0.2) is 4.92 Å². The van der Waals surface area contributed by atoms with Crippen LogP contribution >= 0.6 is 0 Å². The number of anilines is 1. The van der Waals surface area contributed by atoms with Crippen LogP contribution in [-0.2, 0) is 6.42 Å². The van der Waals surface area contributed by atoms with E-state index in [1.54, 1.807) is 12.1 Å². The number of non-ortho nitro benzene ring substituents is 1. The standard InChI is InChI=1S/C17H18N2O2/c1-12-9-14(11-15(10-12)19(20)21)18-17-8-4-6-13-5-2-3-7-16(13)17/h2-3,5,7,9-11,17-18H,4,6,8H2,1H3. The van der Waals surface area contributed by atoms with E-state index >= 15 is 0 Å². The van der Waals surface area contributed by atoms with Crippen molar-refractivity contribution >= 4 is 11.4 Å². The van der Waals surface area contributed by atoms with Crippen LogP contribution in [0.15, 0.2) is 42.5 Å². The van der Waals surface area contributed by atoms with E-state index in [0.717, 1.165) is 30.5 Å². The zero-order chi connectivity index (χ0) is 14.8. The van der Waals surface area contributed by atoms with E-state index in [-0.39, 0.29) is 16.7 Å². The third-order valence-corrected chi connectivity index (χ3v) is 3.98. The highest BCUT2D eigenvalue weighted by Crippen LogP contribution is 2.33. The largest absolute Gasteiger partial charge is 0.378 e. The van der Waals surface area contributed by atoms with Gasteiger partial charge in [0.15, 0.2) is 0 Å². The van der Waals surface area contributed by atoms with Crippen molar-refractivity contribution in [2.24, 2.45) is 0 Å². The lowest BCUT2D eigenvalue weighted by Crippen LogP contribution is -2.17. The highest BCUT2D eigenvalue weighted by molar-refractivity contribution is 5.55. The molecule has 2 aromatic carbocycles. The van der Waals surface area contributed by atoms with Gasteiger partial charge in [-0.05, 0) is 48.9 Å². The molecule has 21 heavy (non-hydrogen) atoms. The molecule has 0 bridgehead atoms. The van der Waals surface area contributed by atoms with Gasteiger partial charge in [0, 0.05) is 17.8 Å². The van der Waals surface area contributed by atoms with E-state index in [4.69, 9.17) is 0 Å². The molecular weight excluding hydrogens is 264 g/mol. The minimum absolute atomic E-state index is 0.140. The molecule has 0 saturated heterocycles. The molecule has 0 saturated carbocycles. The molecule has 1 N–H and O–H groups in total. The van der Waals surface area contributed by atoms with E-state index in [1.807, 2.05) is 13.0 Å². The number of aryl methyl sites for hydroxylation is 2. The molecule has 0 spiro atoms. The summed E-state index contributed by atoms with van der Waals surface area (Å²) >= 11 is 0. The lowest BCUT2D eigenvalue weighted by atomic mass is 9.87. The van der Waals surface area contributed by atoms with E-state index in [0.29, 0.717) is 0 Å². The molecule has 4 heteroatoms. The summed E-state index contributed by atoms with van der Waals surface area (Å²) in [7, 11) is 0. The number of hydrogen-bond donors (Lipinski definition) is 1. The third-order valence-electron chi connectivity index (χ3n) is 3.98. The van der Waals surface area contributed by atoms with Crippen LogP contribution in [0.1, 0.15) is 35.6 Å². The molecule has 0 radical (unpaired) electrons. The summed E-state index contributed by atoms with van der Waals surface area (Å²) in [5, 5.41) is 14.4. The molecule has 3 rings (SSSR count). The second-order valence-electron chi connectivity index (χ2n) is 5.60. The molecule has 0 aromatic heterocycles. The maximum atomic E-state index is 11.0. The fourth-order valence-corrected chi connectivity index (χ4v) is 3.06. The van der Waals surface area contributed by atoms with Gasteiger partial charge >= 0.3 is 0 Å². The summed E-state index contributed by atoms with van der Waals surface area (Å²) < 4.78 is 0. The average Bonchev–Trinajstić information content (AvgIpc) is 2.47. The Morgan fingerprint density at radius 3 is 2.86 bits per heavy atom. The number of hydrogen-bond acceptors (Lipinski definition) is 3. The molecule has 2 aromatic rings. The lowest BCUT2D eigenvalue weighted by molar-refractivity contribution is -0.384. The number of benzene rings is 2. The predicted octanol–water partition coefficient (Wildman–Crippen LogP) is 4.39. The zero-order valence-corrected chi connectivity index (χ0v) is 12.0. The molecule has 1 unspecified atom stereocenters. The topological polar surface area (TPSA) is 55.2 Å². The Bertz CT molecular complexity index is 682. The molecule has 1 atom stereocenters. The van der Waals surface area contributed by atoms with Crippen molar-refractivity contribution in [3.8, 4) is 0 Å². The van der Waals surface area contributed by atoms with Crippen LogP contribution < -0.4 is 5.32 Å². The maximum Gasteiger partial charge on any atom is 0.271 e. The first kappa shape index (κ1) is 13.6. The van der Waals surface area contributed by atoms with Gasteiger partial charge in [-0.15, -0.1) is 0 Å². The van der Waals surface area contributed by atoms with Crippen LogP contribution in [0.4, 0.5) is 11.4 Å². The summed E-state index contributed by atoms with van der Waals surface area (Å²) in [4.78, 5) is 10.6. The van der Waals surface area contributed by atoms with Crippen LogP contribution in [0.25, 0.3) is 0 Å². The van der Waals surface area contributed by atoms with Crippen molar-refractivity contribution in [3.05, 3.63) is 69.3 Å². The molecule has 4 nitrogen and oxygen atoms in total. The van der Waals surface area contributed by atoms with Gasteiger partial charge in [0.2, 0.25) is 0 Å². The van der Waals surface area contributed by atoms with Gasteiger partial charge in [0.25, 0.3) is 5.69 Å². The summed E-state index contributed by atoms with van der Waals surface area (Å²) in [6.45, 7) is 1.88. The molecule has 0 fully saturated rings. The van der Waals surface area contributed by atoms with Crippen LogP contribution in [0, 0.1) is 17.0 Å². The first-order valence-corrected chi connectivity index (χ1v) is 7.24.